The first-order valence-corrected chi connectivity index (χ1v) is 4.82. The molecule has 0 atom stereocenters. The number of nitrogens with two attached hydrogens (primary N) is 1. The molecule has 1 aromatic heterocycles. The largest absolute Gasteiger partial charge is 0.337 e. The Hall–Kier alpha value is -0.480. The van der Waals surface area contributed by atoms with Crippen molar-refractivity contribution in [1.82, 2.24) is 9.55 Å². The highest BCUT2D eigenvalue weighted by molar-refractivity contribution is 7.99. The average Bonchev–Trinajstić information content (AvgIpc) is 2.50. The van der Waals surface area contributed by atoms with Gasteiger partial charge in [0.25, 0.3) is 0 Å². The molecular weight excluding hydrogens is 158 g/mol. The number of rotatable bonds is 5. The zero-order valence-corrected chi connectivity index (χ0v) is 7.26. The minimum atomic E-state index is 0.772. The van der Waals surface area contributed by atoms with E-state index in [-0.39, 0.29) is 0 Å². The van der Waals surface area contributed by atoms with Crippen molar-refractivity contribution in [1.29, 1.82) is 0 Å². The molecule has 0 spiro atoms. The third kappa shape index (κ3) is 3.43. The minimum Gasteiger partial charge on any atom is -0.337 e. The molecule has 1 rings (SSSR count). The molecule has 0 fully saturated rings. The summed E-state index contributed by atoms with van der Waals surface area (Å²) in [5, 5.41) is 0. The van der Waals surface area contributed by atoms with Crippen LogP contribution in [0.5, 0.6) is 0 Å². The Morgan fingerprint density at radius 1 is 1.45 bits per heavy atom. The summed E-state index contributed by atoms with van der Waals surface area (Å²) >= 11 is 1.88. The van der Waals surface area contributed by atoms with Gasteiger partial charge in [0.15, 0.2) is 0 Å². The van der Waals surface area contributed by atoms with Gasteiger partial charge in [0.05, 0.1) is 6.33 Å². The maximum Gasteiger partial charge on any atom is 0.0946 e. The lowest BCUT2D eigenvalue weighted by Crippen LogP contribution is -2.04. The maximum atomic E-state index is 5.35. The van der Waals surface area contributed by atoms with E-state index in [4.69, 9.17) is 5.73 Å². The second-order valence-electron chi connectivity index (χ2n) is 2.20. The smallest absolute Gasteiger partial charge is 0.0946 e. The van der Waals surface area contributed by atoms with E-state index < -0.39 is 0 Å². The molecule has 0 amide bonds. The summed E-state index contributed by atoms with van der Waals surface area (Å²) in [6, 6.07) is 0. The van der Waals surface area contributed by atoms with Crippen molar-refractivity contribution in [3.63, 3.8) is 0 Å². The number of aryl methyl sites for hydroxylation is 1. The topological polar surface area (TPSA) is 43.8 Å². The highest BCUT2D eigenvalue weighted by Gasteiger charge is 1.89. The molecule has 0 saturated heterocycles. The molecular formula is C7H13N3S. The highest BCUT2D eigenvalue weighted by atomic mass is 32.2. The molecule has 0 unspecified atom stereocenters. The Balaban J connectivity index is 2.04. The fourth-order valence-corrected chi connectivity index (χ4v) is 1.49. The molecule has 0 saturated carbocycles. The van der Waals surface area contributed by atoms with Crippen LogP contribution >= 0.6 is 11.8 Å². The molecule has 4 heteroatoms. The van der Waals surface area contributed by atoms with E-state index >= 15 is 0 Å². The molecule has 0 aromatic carbocycles. The standard InChI is InChI=1S/C7H13N3S/c8-1-5-11-6-4-10-3-2-9-7-10/h2-3,7H,1,4-6,8H2. The first-order chi connectivity index (χ1) is 5.43. The molecule has 0 radical (unpaired) electrons. The lowest BCUT2D eigenvalue weighted by atomic mass is 10.7. The van der Waals surface area contributed by atoms with Crippen LogP contribution in [0.3, 0.4) is 0 Å². The Labute approximate surface area is 71.0 Å². The van der Waals surface area contributed by atoms with E-state index in [2.05, 4.69) is 9.55 Å². The fourth-order valence-electron chi connectivity index (χ4n) is 0.774. The van der Waals surface area contributed by atoms with Gasteiger partial charge < -0.3 is 10.3 Å². The molecule has 62 valence electrons. The number of hydrogen-bond acceptors (Lipinski definition) is 3. The highest BCUT2D eigenvalue weighted by Crippen LogP contribution is 1.99. The van der Waals surface area contributed by atoms with E-state index in [0.29, 0.717) is 0 Å². The second kappa shape index (κ2) is 5.21. The van der Waals surface area contributed by atoms with Crippen molar-refractivity contribution in [2.45, 2.75) is 6.54 Å². The summed E-state index contributed by atoms with van der Waals surface area (Å²) in [5.74, 6) is 2.17. The molecule has 1 heterocycles. The van der Waals surface area contributed by atoms with Crippen molar-refractivity contribution >= 4 is 11.8 Å². The van der Waals surface area contributed by atoms with Crippen LogP contribution in [-0.2, 0) is 6.54 Å². The van der Waals surface area contributed by atoms with Crippen molar-refractivity contribution in [2.75, 3.05) is 18.1 Å². The van der Waals surface area contributed by atoms with Crippen LogP contribution < -0.4 is 5.73 Å². The summed E-state index contributed by atoms with van der Waals surface area (Å²) in [4.78, 5) is 3.95. The van der Waals surface area contributed by atoms with E-state index in [9.17, 15) is 0 Å². The summed E-state index contributed by atoms with van der Waals surface area (Å²) in [7, 11) is 0. The first-order valence-electron chi connectivity index (χ1n) is 3.67. The van der Waals surface area contributed by atoms with E-state index in [1.54, 1.807) is 6.20 Å². The fraction of sp³-hybridized carbons (Fsp3) is 0.571. The third-order valence-corrected chi connectivity index (χ3v) is 2.31. The minimum absolute atomic E-state index is 0.772. The summed E-state index contributed by atoms with van der Waals surface area (Å²) < 4.78 is 2.07. The number of imidazole rings is 1. The Bertz CT molecular complexity index is 174. The van der Waals surface area contributed by atoms with Gasteiger partial charge in [0.2, 0.25) is 0 Å². The molecule has 0 aliphatic carbocycles. The summed E-state index contributed by atoms with van der Waals surface area (Å²) in [5.41, 5.74) is 5.35. The van der Waals surface area contributed by atoms with Gasteiger partial charge in [-0.05, 0) is 0 Å². The van der Waals surface area contributed by atoms with Crippen LogP contribution in [0.2, 0.25) is 0 Å². The maximum absolute atomic E-state index is 5.35. The van der Waals surface area contributed by atoms with Crippen LogP contribution in [0.15, 0.2) is 18.7 Å². The second-order valence-corrected chi connectivity index (χ2v) is 3.43. The van der Waals surface area contributed by atoms with Gasteiger partial charge in [0.1, 0.15) is 0 Å². The van der Waals surface area contributed by atoms with Crippen molar-refractivity contribution < 1.29 is 0 Å². The number of aromatic nitrogens is 2. The molecule has 2 N–H and O–H groups in total. The zero-order chi connectivity index (χ0) is 7.94. The van der Waals surface area contributed by atoms with E-state index in [1.807, 2.05) is 24.3 Å². The normalized spacial score (nSPS) is 10.3. The third-order valence-electron chi connectivity index (χ3n) is 1.32. The lowest BCUT2D eigenvalue weighted by Gasteiger charge is -1.99. The SMILES string of the molecule is NCCSCCn1ccnc1. The van der Waals surface area contributed by atoms with Gasteiger partial charge in [0, 0.05) is 37.0 Å². The van der Waals surface area contributed by atoms with E-state index in [0.717, 1.165) is 24.6 Å². The Morgan fingerprint density at radius 3 is 3.00 bits per heavy atom. The van der Waals surface area contributed by atoms with E-state index in [1.165, 1.54) is 0 Å². The quantitative estimate of drug-likeness (QED) is 0.659. The van der Waals surface area contributed by atoms with Crippen molar-refractivity contribution in [3.05, 3.63) is 18.7 Å². The number of nitrogens with zero attached hydrogens (tertiary/aromatic N) is 2. The van der Waals surface area contributed by atoms with Crippen LogP contribution in [0.1, 0.15) is 0 Å². The Kier molecular flexibility index (Phi) is 4.08. The van der Waals surface area contributed by atoms with Gasteiger partial charge in [-0.25, -0.2) is 4.98 Å². The number of thioether (sulfide) groups is 1. The molecule has 11 heavy (non-hydrogen) atoms. The number of hydrogen-bond donors (Lipinski definition) is 1. The van der Waals surface area contributed by atoms with Gasteiger partial charge in [-0.15, -0.1) is 0 Å². The lowest BCUT2D eigenvalue weighted by molar-refractivity contribution is 0.770. The molecule has 1 aromatic rings. The predicted octanol–water partition coefficient (Wildman–Crippen LogP) is 0.575. The predicted molar refractivity (Wildman–Crippen MR) is 48.6 cm³/mol. The van der Waals surface area contributed by atoms with Crippen molar-refractivity contribution in [2.24, 2.45) is 5.73 Å². The first kappa shape index (κ1) is 8.62. The summed E-state index contributed by atoms with van der Waals surface area (Å²) in [6.45, 7) is 1.80. The average molecular weight is 171 g/mol. The monoisotopic (exact) mass is 171 g/mol. The van der Waals surface area contributed by atoms with Gasteiger partial charge >= 0.3 is 0 Å². The Morgan fingerprint density at radius 2 is 2.36 bits per heavy atom. The van der Waals surface area contributed by atoms with Crippen LogP contribution in [0.4, 0.5) is 0 Å². The van der Waals surface area contributed by atoms with Gasteiger partial charge in [-0.3, -0.25) is 0 Å². The van der Waals surface area contributed by atoms with Crippen LogP contribution in [0, 0.1) is 0 Å². The van der Waals surface area contributed by atoms with Crippen molar-refractivity contribution in [3.8, 4) is 0 Å². The molecule has 0 aliphatic heterocycles. The molecule has 3 nitrogen and oxygen atoms in total. The van der Waals surface area contributed by atoms with Gasteiger partial charge in [-0.1, -0.05) is 0 Å². The molecule has 0 bridgehead atoms. The van der Waals surface area contributed by atoms with Crippen LogP contribution in [-0.4, -0.2) is 27.6 Å². The summed E-state index contributed by atoms with van der Waals surface area (Å²) in [6.07, 6.45) is 5.61. The van der Waals surface area contributed by atoms with Crippen LogP contribution in [0.25, 0.3) is 0 Å². The van der Waals surface area contributed by atoms with Gasteiger partial charge in [-0.2, -0.15) is 11.8 Å². The zero-order valence-electron chi connectivity index (χ0n) is 6.44. The molecule has 0 aliphatic rings.